The topological polar surface area (TPSA) is 0 Å². The van der Waals surface area contributed by atoms with Crippen LogP contribution in [-0.4, -0.2) is 0 Å². The molecule has 2 unspecified atom stereocenters. The molecule has 0 aromatic carbocycles. The van der Waals surface area contributed by atoms with Gasteiger partial charge < -0.3 is 0 Å². The lowest BCUT2D eigenvalue weighted by atomic mass is 9.50. The molecule has 0 saturated heterocycles. The zero-order valence-corrected chi connectivity index (χ0v) is 11.7. The minimum atomic E-state index is 0.538. The molecule has 1 rings (SSSR count). The van der Waals surface area contributed by atoms with E-state index in [9.17, 15) is 0 Å². The van der Waals surface area contributed by atoms with E-state index >= 15 is 0 Å². The average molecular weight is 210 g/mol. The van der Waals surface area contributed by atoms with Crippen LogP contribution in [0.3, 0.4) is 0 Å². The first kappa shape index (κ1) is 13.1. The molecule has 0 amide bonds. The molecule has 0 N–H and O–H groups in total. The normalized spacial score (nSPS) is 35.8. The summed E-state index contributed by atoms with van der Waals surface area (Å²) in [7, 11) is 0. The molecular formula is C15H30. The van der Waals surface area contributed by atoms with Crippen molar-refractivity contribution in [2.75, 3.05) is 0 Å². The summed E-state index contributed by atoms with van der Waals surface area (Å²) in [5, 5.41) is 0. The van der Waals surface area contributed by atoms with Crippen molar-refractivity contribution in [1.82, 2.24) is 0 Å². The fraction of sp³-hybridized carbons (Fsp3) is 1.00. The first-order chi connectivity index (χ1) is 6.85. The second-order valence-corrected chi connectivity index (χ2v) is 6.79. The fourth-order valence-corrected chi connectivity index (χ4v) is 3.98. The predicted molar refractivity (Wildman–Crippen MR) is 69.0 cm³/mol. The summed E-state index contributed by atoms with van der Waals surface area (Å²) in [6, 6.07) is 0. The molecule has 0 bridgehead atoms. The molecule has 0 heteroatoms. The van der Waals surface area contributed by atoms with Crippen molar-refractivity contribution < 1.29 is 0 Å². The molecule has 0 nitrogen and oxygen atoms in total. The molecule has 0 heterocycles. The van der Waals surface area contributed by atoms with E-state index in [1.165, 1.54) is 32.1 Å². The third-order valence-corrected chi connectivity index (χ3v) is 5.26. The molecule has 0 aromatic rings. The highest BCUT2D eigenvalue weighted by atomic mass is 14.5. The third-order valence-electron chi connectivity index (χ3n) is 5.26. The highest BCUT2D eigenvalue weighted by molar-refractivity contribution is 4.98. The van der Waals surface area contributed by atoms with E-state index in [1.807, 2.05) is 0 Å². The Morgan fingerprint density at radius 3 is 2.27 bits per heavy atom. The molecule has 0 aromatic heterocycles. The second kappa shape index (κ2) is 4.47. The lowest BCUT2D eigenvalue weighted by Crippen LogP contribution is -2.46. The molecule has 1 saturated carbocycles. The van der Waals surface area contributed by atoms with E-state index in [-0.39, 0.29) is 0 Å². The van der Waals surface area contributed by atoms with Crippen LogP contribution in [0.25, 0.3) is 0 Å². The van der Waals surface area contributed by atoms with Gasteiger partial charge in [-0.3, -0.25) is 0 Å². The summed E-state index contributed by atoms with van der Waals surface area (Å²) < 4.78 is 0. The first-order valence-electron chi connectivity index (χ1n) is 6.85. The van der Waals surface area contributed by atoms with Crippen LogP contribution in [0.1, 0.15) is 73.6 Å². The van der Waals surface area contributed by atoms with E-state index in [4.69, 9.17) is 0 Å². The van der Waals surface area contributed by atoms with Crippen LogP contribution in [0.15, 0.2) is 0 Å². The summed E-state index contributed by atoms with van der Waals surface area (Å²) in [4.78, 5) is 0. The van der Waals surface area contributed by atoms with Crippen LogP contribution in [0.4, 0.5) is 0 Å². The van der Waals surface area contributed by atoms with Crippen molar-refractivity contribution in [3.05, 3.63) is 0 Å². The highest BCUT2D eigenvalue weighted by Crippen LogP contribution is 2.57. The molecule has 2 atom stereocenters. The Morgan fingerprint density at radius 1 is 1.20 bits per heavy atom. The highest BCUT2D eigenvalue weighted by Gasteiger charge is 2.48. The van der Waals surface area contributed by atoms with Crippen molar-refractivity contribution in [2.24, 2.45) is 22.7 Å². The van der Waals surface area contributed by atoms with Crippen LogP contribution in [-0.2, 0) is 0 Å². The minimum absolute atomic E-state index is 0.538. The Bertz CT molecular complexity index is 202. The van der Waals surface area contributed by atoms with Gasteiger partial charge >= 0.3 is 0 Å². The molecule has 0 radical (unpaired) electrons. The van der Waals surface area contributed by atoms with Gasteiger partial charge in [0.25, 0.3) is 0 Å². The largest absolute Gasteiger partial charge is 0.0654 e. The number of hydrogen-bond donors (Lipinski definition) is 0. The molecule has 1 fully saturated rings. The monoisotopic (exact) mass is 210 g/mol. The third kappa shape index (κ3) is 2.24. The van der Waals surface area contributed by atoms with E-state index in [2.05, 4.69) is 41.5 Å². The zero-order chi connectivity index (χ0) is 11.7. The fourth-order valence-electron chi connectivity index (χ4n) is 3.98. The summed E-state index contributed by atoms with van der Waals surface area (Å²) in [6.07, 6.45) is 7.06. The maximum atomic E-state index is 2.56. The van der Waals surface area contributed by atoms with Crippen molar-refractivity contribution in [1.29, 1.82) is 0 Å². The summed E-state index contributed by atoms with van der Waals surface area (Å²) in [5.74, 6) is 1.78. The van der Waals surface area contributed by atoms with Crippen LogP contribution in [0, 0.1) is 22.7 Å². The summed E-state index contributed by atoms with van der Waals surface area (Å²) in [5.41, 5.74) is 1.10. The standard InChI is InChI=1S/C15H30/c1-7-10-15(6)13(12(2)3)9-8-11-14(15,4)5/h12-13H,7-11H2,1-6H3. The first-order valence-corrected chi connectivity index (χ1v) is 6.85. The van der Waals surface area contributed by atoms with Gasteiger partial charge in [-0.2, -0.15) is 0 Å². The minimum Gasteiger partial charge on any atom is -0.0654 e. The van der Waals surface area contributed by atoms with E-state index in [0.29, 0.717) is 10.8 Å². The van der Waals surface area contributed by atoms with E-state index < -0.39 is 0 Å². The Morgan fingerprint density at radius 2 is 1.80 bits per heavy atom. The average Bonchev–Trinajstić information content (AvgIpc) is 2.10. The maximum Gasteiger partial charge on any atom is -0.0244 e. The van der Waals surface area contributed by atoms with Gasteiger partial charge in [0.1, 0.15) is 0 Å². The van der Waals surface area contributed by atoms with Crippen LogP contribution >= 0.6 is 0 Å². The zero-order valence-electron chi connectivity index (χ0n) is 11.7. The van der Waals surface area contributed by atoms with Gasteiger partial charge in [0, 0.05) is 0 Å². The Labute approximate surface area is 96.8 Å². The van der Waals surface area contributed by atoms with Gasteiger partial charge in [0.15, 0.2) is 0 Å². The van der Waals surface area contributed by atoms with Gasteiger partial charge in [0.2, 0.25) is 0 Å². The summed E-state index contributed by atoms with van der Waals surface area (Å²) >= 11 is 0. The Hall–Kier alpha value is 0. The van der Waals surface area contributed by atoms with Gasteiger partial charge in [0.05, 0.1) is 0 Å². The van der Waals surface area contributed by atoms with Crippen LogP contribution in [0.5, 0.6) is 0 Å². The smallest absolute Gasteiger partial charge is 0.0244 e. The van der Waals surface area contributed by atoms with E-state index in [0.717, 1.165) is 11.8 Å². The van der Waals surface area contributed by atoms with Crippen LogP contribution < -0.4 is 0 Å². The molecule has 1 aliphatic rings. The molecule has 0 aliphatic heterocycles. The predicted octanol–water partition coefficient (Wildman–Crippen LogP) is 5.28. The SMILES string of the molecule is CCCC1(C)C(C(C)C)CCCC1(C)C. The van der Waals surface area contributed by atoms with Gasteiger partial charge in [-0.15, -0.1) is 0 Å². The van der Waals surface area contributed by atoms with Gasteiger partial charge in [-0.05, 0) is 41.9 Å². The second-order valence-electron chi connectivity index (χ2n) is 6.79. The van der Waals surface area contributed by atoms with Crippen molar-refractivity contribution in [3.63, 3.8) is 0 Å². The van der Waals surface area contributed by atoms with Crippen molar-refractivity contribution in [3.8, 4) is 0 Å². The van der Waals surface area contributed by atoms with Crippen molar-refractivity contribution in [2.45, 2.75) is 73.6 Å². The molecule has 1 aliphatic carbocycles. The Balaban J connectivity index is 2.96. The summed E-state index contributed by atoms with van der Waals surface area (Å²) in [6.45, 7) is 14.7. The lowest BCUT2D eigenvalue weighted by molar-refractivity contribution is -0.0536. The molecule has 15 heavy (non-hydrogen) atoms. The maximum absolute atomic E-state index is 2.56. The van der Waals surface area contributed by atoms with Crippen molar-refractivity contribution >= 4 is 0 Å². The number of rotatable bonds is 3. The lowest BCUT2D eigenvalue weighted by Gasteiger charge is -2.55. The molecule has 0 spiro atoms. The quantitative estimate of drug-likeness (QED) is 0.595. The van der Waals surface area contributed by atoms with Gasteiger partial charge in [-0.25, -0.2) is 0 Å². The van der Waals surface area contributed by atoms with Crippen LogP contribution in [0.2, 0.25) is 0 Å². The Kier molecular flexibility index (Phi) is 3.90. The number of hydrogen-bond acceptors (Lipinski definition) is 0. The van der Waals surface area contributed by atoms with Gasteiger partial charge in [-0.1, -0.05) is 54.4 Å². The molecular weight excluding hydrogens is 180 g/mol. The molecule has 90 valence electrons. The van der Waals surface area contributed by atoms with E-state index in [1.54, 1.807) is 0 Å².